The van der Waals surface area contributed by atoms with Crippen molar-refractivity contribution >= 4 is 27.6 Å². The minimum atomic E-state index is -5.44. The van der Waals surface area contributed by atoms with Crippen molar-refractivity contribution in [1.29, 1.82) is 5.26 Å². The summed E-state index contributed by atoms with van der Waals surface area (Å²) >= 11 is 0. The number of aromatic amines is 1. The number of fused-ring (bicyclic) bond motifs is 3. The summed E-state index contributed by atoms with van der Waals surface area (Å²) < 4.78 is 139. The second-order valence-electron chi connectivity index (χ2n) is 13.1. The number of anilines is 1. The van der Waals surface area contributed by atoms with E-state index in [1.807, 2.05) is 13.8 Å². The van der Waals surface area contributed by atoms with Crippen molar-refractivity contribution < 1.29 is 44.3 Å². The van der Waals surface area contributed by atoms with Crippen LogP contribution in [0.15, 0.2) is 24.3 Å². The molecular formula is C35H35F9N8O. The minimum absolute atomic E-state index is 0.0451. The lowest BCUT2D eigenvalue weighted by molar-refractivity contribution is -0.139. The highest BCUT2D eigenvalue weighted by Gasteiger charge is 2.46. The van der Waals surface area contributed by atoms with Crippen LogP contribution in [0.4, 0.5) is 45.3 Å². The van der Waals surface area contributed by atoms with Gasteiger partial charge in [0.25, 0.3) is 6.08 Å². The molecule has 0 bridgehead atoms. The predicted molar refractivity (Wildman–Crippen MR) is 178 cm³/mol. The zero-order valence-corrected chi connectivity index (χ0v) is 28.9. The summed E-state index contributed by atoms with van der Waals surface area (Å²) in [6, 6.07) is 1.61. The molecule has 2 N–H and O–H groups in total. The smallest absolute Gasteiger partial charge is 0.417 e. The fraction of sp³-hybridized carbons (Fsp3) is 0.486. The maximum absolute atomic E-state index is 17.2. The van der Waals surface area contributed by atoms with Gasteiger partial charge in [-0.15, -0.1) is 0 Å². The largest absolute Gasteiger partial charge is 0.461 e. The van der Waals surface area contributed by atoms with E-state index in [1.165, 1.54) is 4.90 Å². The molecule has 0 saturated carbocycles. The van der Waals surface area contributed by atoms with Crippen molar-refractivity contribution in [3.8, 4) is 23.2 Å². The van der Waals surface area contributed by atoms with E-state index >= 15 is 17.6 Å². The third-order valence-electron chi connectivity index (χ3n) is 10.00. The highest BCUT2D eigenvalue weighted by Crippen LogP contribution is 2.50. The predicted octanol–water partition coefficient (Wildman–Crippen LogP) is 8.12. The zero-order chi connectivity index (χ0) is 38.5. The number of ether oxygens (including phenoxy) is 1. The first-order valence-electron chi connectivity index (χ1n) is 17.1. The van der Waals surface area contributed by atoms with E-state index in [4.69, 9.17) is 4.74 Å². The number of nitriles is 1. The van der Waals surface area contributed by atoms with E-state index in [2.05, 4.69) is 30.4 Å². The molecule has 3 aliphatic heterocycles. The number of nitrogens with one attached hydrogen (secondary N) is 2. The number of benzene rings is 2. The quantitative estimate of drug-likeness (QED) is 0.190. The number of H-pyrrole nitrogens is 1. The van der Waals surface area contributed by atoms with Gasteiger partial charge in [0.2, 0.25) is 0 Å². The third-order valence-corrected chi connectivity index (χ3v) is 10.00. The first-order chi connectivity index (χ1) is 25.1. The Bertz CT molecular complexity index is 2090. The van der Waals surface area contributed by atoms with Crippen LogP contribution >= 0.6 is 0 Å². The summed E-state index contributed by atoms with van der Waals surface area (Å²) in [7, 11) is 0. The molecule has 0 amide bonds. The molecule has 284 valence electrons. The van der Waals surface area contributed by atoms with E-state index in [0.717, 1.165) is 51.8 Å². The van der Waals surface area contributed by atoms with E-state index in [-0.39, 0.29) is 43.1 Å². The lowest BCUT2D eigenvalue weighted by atomic mass is 9.87. The van der Waals surface area contributed by atoms with Gasteiger partial charge in [0.15, 0.2) is 11.5 Å². The van der Waals surface area contributed by atoms with Crippen molar-refractivity contribution in [2.75, 3.05) is 44.2 Å². The molecule has 4 aromatic rings. The number of aromatic nitrogens is 4. The molecule has 53 heavy (non-hydrogen) atoms. The number of rotatable bonds is 6. The average molecular weight is 755 g/mol. The Morgan fingerprint density at radius 2 is 1.74 bits per heavy atom. The summed E-state index contributed by atoms with van der Waals surface area (Å²) in [6.07, 6.45) is -8.73. The van der Waals surface area contributed by atoms with Gasteiger partial charge >= 0.3 is 18.4 Å². The highest BCUT2D eigenvalue weighted by molar-refractivity contribution is 6.04. The number of alkyl halides is 6. The Kier molecular flexibility index (Phi) is 10.3. The van der Waals surface area contributed by atoms with Crippen LogP contribution in [0.1, 0.15) is 61.9 Å². The first-order valence-corrected chi connectivity index (χ1v) is 17.1. The monoisotopic (exact) mass is 754 g/mol. The van der Waals surface area contributed by atoms with Crippen LogP contribution in [0.2, 0.25) is 0 Å². The van der Waals surface area contributed by atoms with Crippen LogP contribution in [0.25, 0.3) is 32.9 Å². The Morgan fingerprint density at radius 3 is 2.36 bits per heavy atom. The molecule has 0 spiro atoms. The van der Waals surface area contributed by atoms with Gasteiger partial charge in [-0.05, 0) is 69.5 Å². The number of halogens is 9. The molecule has 2 aromatic heterocycles. The first kappa shape index (κ1) is 38.1. The maximum Gasteiger partial charge on any atom is 0.417 e. The van der Waals surface area contributed by atoms with Crippen LogP contribution < -0.4 is 15.0 Å². The van der Waals surface area contributed by atoms with Crippen LogP contribution in [0.5, 0.6) is 6.01 Å². The van der Waals surface area contributed by atoms with E-state index in [0.29, 0.717) is 12.1 Å². The van der Waals surface area contributed by atoms with E-state index in [1.54, 1.807) is 6.07 Å². The van der Waals surface area contributed by atoms with Gasteiger partial charge in [-0.2, -0.15) is 55.5 Å². The summed E-state index contributed by atoms with van der Waals surface area (Å²) in [4.78, 5) is 12.2. The second-order valence-corrected chi connectivity index (χ2v) is 13.1. The molecule has 0 radical (unpaired) electrons. The van der Waals surface area contributed by atoms with Crippen LogP contribution in [-0.4, -0.2) is 76.0 Å². The van der Waals surface area contributed by atoms with Gasteiger partial charge in [-0.1, -0.05) is 13.8 Å². The molecule has 3 aliphatic rings. The molecule has 7 rings (SSSR count). The van der Waals surface area contributed by atoms with Gasteiger partial charge in [0.1, 0.15) is 24.0 Å². The van der Waals surface area contributed by atoms with Gasteiger partial charge in [-0.25, -0.2) is 4.39 Å². The molecule has 3 saturated heterocycles. The van der Waals surface area contributed by atoms with Crippen molar-refractivity contribution in [2.45, 2.75) is 70.4 Å². The van der Waals surface area contributed by atoms with Crippen LogP contribution in [-0.2, 0) is 12.4 Å². The Hall–Kier alpha value is -4.63. The third kappa shape index (κ3) is 6.96. The normalized spacial score (nSPS) is 18.8. The van der Waals surface area contributed by atoms with Crippen LogP contribution in [0, 0.1) is 24.1 Å². The molecule has 18 heteroatoms. The SMILES string of the molecule is CC.Cc1cc2[nH]nc(C#N)c2c(-c2c(C(F)(F)F)cc3c(N4CCNC(C=C(F)F)C4)nc(OCC45CCCN4CCC5)nc3c2F)c1C(F)(F)F. The topological polar surface area (TPSA) is 106 Å². The van der Waals surface area contributed by atoms with Gasteiger partial charge in [0, 0.05) is 47.6 Å². The van der Waals surface area contributed by atoms with Gasteiger partial charge in [0.05, 0.1) is 22.2 Å². The number of nitrogens with zero attached hydrogens (tertiary/aromatic N) is 6. The van der Waals surface area contributed by atoms with Gasteiger partial charge in [-0.3, -0.25) is 10.00 Å². The van der Waals surface area contributed by atoms with E-state index in [9.17, 15) is 27.2 Å². The summed E-state index contributed by atoms with van der Waals surface area (Å²) in [5.41, 5.74) is -8.68. The van der Waals surface area contributed by atoms with Gasteiger partial charge < -0.3 is 15.0 Å². The molecule has 3 fully saturated rings. The summed E-state index contributed by atoms with van der Waals surface area (Å²) in [5.74, 6) is -2.04. The molecule has 1 unspecified atom stereocenters. The molecule has 5 heterocycles. The molecule has 0 aliphatic carbocycles. The summed E-state index contributed by atoms with van der Waals surface area (Å²) in [5, 5.41) is 17.4. The second kappa shape index (κ2) is 14.3. The minimum Gasteiger partial charge on any atom is -0.461 e. The molecular weight excluding hydrogens is 719 g/mol. The molecule has 2 aromatic carbocycles. The summed E-state index contributed by atoms with van der Waals surface area (Å²) in [6.45, 7) is 6.64. The lowest BCUT2D eigenvalue weighted by Crippen LogP contribution is -2.50. The Labute approximate surface area is 297 Å². The number of hydrogen-bond donors (Lipinski definition) is 2. The highest BCUT2D eigenvalue weighted by atomic mass is 19.4. The maximum atomic E-state index is 17.2. The fourth-order valence-electron chi connectivity index (χ4n) is 7.88. The van der Waals surface area contributed by atoms with Crippen molar-refractivity contribution in [3.05, 3.63) is 52.5 Å². The van der Waals surface area contributed by atoms with Crippen molar-refractivity contribution in [2.24, 2.45) is 0 Å². The fourth-order valence-corrected chi connectivity index (χ4v) is 7.88. The molecule has 9 nitrogen and oxygen atoms in total. The number of piperazine rings is 1. The zero-order valence-electron chi connectivity index (χ0n) is 28.9. The van der Waals surface area contributed by atoms with Crippen LogP contribution in [0.3, 0.4) is 0 Å². The number of hydrogen-bond acceptors (Lipinski definition) is 8. The molecule has 1 atom stereocenters. The van der Waals surface area contributed by atoms with E-state index < -0.39 is 86.1 Å². The Morgan fingerprint density at radius 1 is 1.04 bits per heavy atom. The lowest BCUT2D eigenvalue weighted by Gasteiger charge is -2.34. The standard InChI is InChI=1S/C33H29F9N8O.C2H6/c1-16-10-20-24(21(13-43)48-47-20)25(26(16)33(40,41)42)23-19(32(37,38)39)12-18-28(27(23)36)45-30(51-15-31-4-2-7-50(31)8-3-5-31)46-29(18)49-9-6-44-17(14-49)11-22(34)35;1-2/h10-12,17,44H,2-9,14-15H2,1H3,(H,47,48);1-2H3. The Balaban J connectivity index is 0.00000236. The average Bonchev–Trinajstić information content (AvgIpc) is 3.81. The van der Waals surface area contributed by atoms with Crippen molar-refractivity contribution in [3.63, 3.8) is 0 Å². The van der Waals surface area contributed by atoms with Crippen molar-refractivity contribution in [1.82, 2.24) is 30.4 Å². The number of aryl methyl sites for hydroxylation is 1.